The van der Waals surface area contributed by atoms with Gasteiger partial charge >= 0.3 is 0 Å². The minimum Gasteiger partial charge on any atom is -0.357 e. The summed E-state index contributed by atoms with van der Waals surface area (Å²) in [7, 11) is 2.06. The normalized spacial score (nSPS) is 11.8. The van der Waals surface area contributed by atoms with Crippen molar-refractivity contribution in [1.29, 1.82) is 0 Å². The van der Waals surface area contributed by atoms with E-state index in [9.17, 15) is 0 Å². The highest BCUT2D eigenvalue weighted by Gasteiger charge is 2.08. The molecule has 0 spiro atoms. The first kappa shape index (κ1) is 18.0. The van der Waals surface area contributed by atoms with Gasteiger partial charge < -0.3 is 14.8 Å². The van der Waals surface area contributed by atoms with Gasteiger partial charge in [-0.05, 0) is 18.4 Å². The van der Waals surface area contributed by atoms with Gasteiger partial charge in [-0.1, -0.05) is 44.2 Å². The number of rotatable bonds is 7. The van der Waals surface area contributed by atoms with E-state index < -0.39 is 0 Å². The molecule has 0 amide bonds. The lowest BCUT2D eigenvalue weighted by atomic mass is 10.2. The fourth-order valence-electron chi connectivity index (χ4n) is 2.60. The fraction of sp³-hybridized carbons (Fsp3) is 0.474. The van der Waals surface area contributed by atoms with Crippen LogP contribution >= 0.6 is 0 Å². The van der Waals surface area contributed by atoms with E-state index in [1.165, 1.54) is 5.56 Å². The summed E-state index contributed by atoms with van der Waals surface area (Å²) in [5.74, 6) is 2.50. The van der Waals surface area contributed by atoms with E-state index in [2.05, 4.69) is 71.9 Å². The minimum atomic E-state index is 0.585. The topological polar surface area (TPSA) is 45.5 Å². The van der Waals surface area contributed by atoms with E-state index in [-0.39, 0.29) is 0 Å². The van der Waals surface area contributed by atoms with Crippen molar-refractivity contribution in [2.24, 2.45) is 10.9 Å². The molecule has 0 bridgehead atoms. The second-order valence-corrected chi connectivity index (χ2v) is 6.40. The molecular weight excluding hydrogens is 298 g/mol. The summed E-state index contributed by atoms with van der Waals surface area (Å²) in [6.45, 7) is 9.75. The molecule has 24 heavy (non-hydrogen) atoms. The molecule has 1 N–H and O–H groups in total. The maximum absolute atomic E-state index is 4.77. The Morgan fingerprint density at radius 2 is 2.04 bits per heavy atom. The van der Waals surface area contributed by atoms with E-state index in [4.69, 9.17) is 4.99 Å². The summed E-state index contributed by atoms with van der Waals surface area (Å²) in [5.41, 5.74) is 1.27. The first-order chi connectivity index (χ1) is 11.6. The van der Waals surface area contributed by atoms with Crippen LogP contribution in [0.1, 0.15) is 32.2 Å². The van der Waals surface area contributed by atoms with Crippen LogP contribution in [0.2, 0.25) is 0 Å². The van der Waals surface area contributed by atoms with Gasteiger partial charge in [-0.3, -0.25) is 0 Å². The monoisotopic (exact) mass is 327 g/mol. The molecule has 5 nitrogen and oxygen atoms in total. The smallest absolute Gasteiger partial charge is 0.194 e. The lowest BCUT2D eigenvalue weighted by Crippen LogP contribution is -2.38. The summed E-state index contributed by atoms with van der Waals surface area (Å²) in [5, 5.41) is 3.36. The van der Waals surface area contributed by atoms with Gasteiger partial charge in [0.2, 0.25) is 0 Å². The van der Waals surface area contributed by atoms with Gasteiger partial charge in [-0.25, -0.2) is 9.98 Å². The number of aliphatic imine (C=N–C) groups is 1. The zero-order valence-corrected chi connectivity index (χ0v) is 15.2. The number of hydrogen-bond acceptors (Lipinski definition) is 2. The average Bonchev–Trinajstić information content (AvgIpc) is 2.98. The van der Waals surface area contributed by atoms with E-state index >= 15 is 0 Å². The first-order valence-electron chi connectivity index (χ1n) is 8.63. The molecule has 0 aliphatic rings. The van der Waals surface area contributed by atoms with E-state index in [0.717, 1.165) is 31.4 Å². The summed E-state index contributed by atoms with van der Waals surface area (Å²) < 4.78 is 2.19. The third kappa shape index (κ3) is 5.41. The van der Waals surface area contributed by atoms with Crippen LogP contribution in [0.15, 0.2) is 47.7 Å². The van der Waals surface area contributed by atoms with Crippen molar-refractivity contribution in [3.63, 3.8) is 0 Å². The number of benzene rings is 1. The van der Waals surface area contributed by atoms with Crippen molar-refractivity contribution in [1.82, 2.24) is 19.8 Å². The third-order valence-corrected chi connectivity index (χ3v) is 3.69. The second-order valence-electron chi connectivity index (χ2n) is 6.40. The minimum absolute atomic E-state index is 0.585. The molecule has 5 heteroatoms. The van der Waals surface area contributed by atoms with Crippen LogP contribution in [0.5, 0.6) is 0 Å². The molecule has 2 rings (SSSR count). The Labute approximate surface area is 145 Å². The number of guanidine groups is 1. The molecule has 2 aromatic rings. The molecule has 0 saturated carbocycles. The molecule has 0 unspecified atom stereocenters. The first-order valence-corrected chi connectivity index (χ1v) is 8.63. The zero-order valence-electron chi connectivity index (χ0n) is 15.2. The van der Waals surface area contributed by atoms with Gasteiger partial charge in [-0.2, -0.15) is 0 Å². The summed E-state index contributed by atoms with van der Waals surface area (Å²) >= 11 is 0. The van der Waals surface area contributed by atoms with Gasteiger partial charge in [0, 0.05) is 39.1 Å². The number of nitrogens with zero attached hydrogens (tertiary/aromatic N) is 4. The lowest BCUT2D eigenvalue weighted by molar-refractivity contribution is 0.473. The van der Waals surface area contributed by atoms with Crippen LogP contribution in [0.4, 0.5) is 0 Å². The molecule has 0 atom stereocenters. The van der Waals surface area contributed by atoms with Crippen molar-refractivity contribution in [3.8, 4) is 0 Å². The molecule has 0 aliphatic carbocycles. The van der Waals surface area contributed by atoms with Crippen LogP contribution < -0.4 is 5.32 Å². The maximum Gasteiger partial charge on any atom is 0.194 e. The fourth-order valence-corrected chi connectivity index (χ4v) is 2.60. The van der Waals surface area contributed by atoms with Gasteiger partial charge in [0.15, 0.2) is 5.96 Å². The van der Waals surface area contributed by atoms with E-state index in [1.54, 1.807) is 0 Å². The van der Waals surface area contributed by atoms with Gasteiger partial charge in [0.1, 0.15) is 12.4 Å². The molecule has 0 fully saturated rings. The van der Waals surface area contributed by atoms with Crippen molar-refractivity contribution in [3.05, 3.63) is 54.1 Å². The standard InChI is InChI=1S/C19H29N5/c1-5-20-19(23(4)15-17-9-7-6-8-10-17)22-13-18-21-11-12-24(18)14-16(2)3/h6-12,16H,5,13-15H2,1-4H3,(H,20,22). The van der Waals surface area contributed by atoms with Crippen LogP contribution in [0.3, 0.4) is 0 Å². The number of nitrogens with one attached hydrogen (secondary N) is 1. The van der Waals surface area contributed by atoms with Crippen molar-refractivity contribution < 1.29 is 0 Å². The Morgan fingerprint density at radius 3 is 2.71 bits per heavy atom. The highest BCUT2D eigenvalue weighted by molar-refractivity contribution is 5.79. The predicted molar refractivity (Wildman–Crippen MR) is 99.8 cm³/mol. The van der Waals surface area contributed by atoms with E-state index in [0.29, 0.717) is 12.5 Å². The summed E-state index contributed by atoms with van der Waals surface area (Å²) in [4.78, 5) is 11.4. The van der Waals surface area contributed by atoms with Crippen LogP contribution in [-0.4, -0.2) is 34.0 Å². The molecule has 1 aromatic carbocycles. The largest absolute Gasteiger partial charge is 0.357 e. The molecule has 130 valence electrons. The highest BCUT2D eigenvalue weighted by atomic mass is 15.3. The molecule has 0 aliphatic heterocycles. The second kappa shape index (κ2) is 9.11. The molecule has 0 saturated heterocycles. The Balaban J connectivity index is 2.06. The van der Waals surface area contributed by atoms with Gasteiger partial charge in [-0.15, -0.1) is 0 Å². The Bertz CT molecular complexity index is 630. The summed E-state index contributed by atoms with van der Waals surface area (Å²) in [6, 6.07) is 10.4. The number of hydrogen-bond donors (Lipinski definition) is 1. The molecule has 1 aromatic heterocycles. The predicted octanol–water partition coefficient (Wildman–Crippen LogP) is 3.14. The van der Waals surface area contributed by atoms with Gasteiger partial charge in [0.05, 0.1) is 0 Å². The zero-order chi connectivity index (χ0) is 17.4. The van der Waals surface area contributed by atoms with Crippen LogP contribution in [0, 0.1) is 5.92 Å². The number of aromatic nitrogens is 2. The molecule has 0 radical (unpaired) electrons. The average molecular weight is 327 g/mol. The lowest BCUT2D eigenvalue weighted by Gasteiger charge is -2.22. The Morgan fingerprint density at radius 1 is 1.29 bits per heavy atom. The van der Waals surface area contributed by atoms with Crippen LogP contribution in [0.25, 0.3) is 0 Å². The van der Waals surface area contributed by atoms with Crippen molar-refractivity contribution in [2.45, 2.75) is 40.4 Å². The van der Waals surface area contributed by atoms with Gasteiger partial charge in [0.25, 0.3) is 0 Å². The number of imidazole rings is 1. The van der Waals surface area contributed by atoms with Crippen LogP contribution in [-0.2, 0) is 19.6 Å². The Kier molecular flexibility index (Phi) is 6.85. The van der Waals surface area contributed by atoms with Crippen molar-refractivity contribution in [2.75, 3.05) is 13.6 Å². The summed E-state index contributed by atoms with van der Waals surface area (Å²) in [6.07, 6.45) is 3.89. The Hall–Kier alpha value is -2.30. The SMILES string of the molecule is CCNC(=NCc1nccn1CC(C)C)N(C)Cc1ccccc1. The molecule has 1 heterocycles. The maximum atomic E-state index is 4.77. The highest BCUT2D eigenvalue weighted by Crippen LogP contribution is 2.07. The third-order valence-electron chi connectivity index (χ3n) is 3.69. The quantitative estimate of drug-likeness (QED) is 0.628. The van der Waals surface area contributed by atoms with Crippen molar-refractivity contribution >= 4 is 5.96 Å². The molecular formula is C19H29N5. The van der Waals surface area contributed by atoms with E-state index in [1.807, 2.05) is 18.5 Å².